The average Bonchev–Trinajstić information content (AvgIpc) is 3.18. The van der Waals surface area contributed by atoms with Crippen LogP contribution in [0.5, 0.6) is 5.75 Å². The zero-order chi connectivity index (χ0) is 15.4. The van der Waals surface area contributed by atoms with E-state index in [0.29, 0.717) is 6.61 Å². The Hall–Kier alpha value is -2.54. The molecule has 0 aliphatic carbocycles. The number of aliphatic imine (C=N–C) groups is 1. The zero-order valence-corrected chi connectivity index (χ0v) is 12.4. The number of benzene rings is 1. The van der Waals surface area contributed by atoms with Crippen molar-refractivity contribution in [1.82, 2.24) is 4.98 Å². The van der Waals surface area contributed by atoms with Gasteiger partial charge in [0.1, 0.15) is 17.7 Å². The van der Waals surface area contributed by atoms with Crippen LogP contribution in [0.1, 0.15) is 11.1 Å². The van der Waals surface area contributed by atoms with Crippen molar-refractivity contribution in [2.45, 2.75) is 6.42 Å². The number of amides is 1. The number of ether oxygens (including phenoxy) is 1. The van der Waals surface area contributed by atoms with Crippen LogP contribution in [0, 0.1) is 0 Å². The highest BCUT2D eigenvalue weighted by Crippen LogP contribution is 2.25. The van der Waals surface area contributed by atoms with Crippen LogP contribution in [-0.4, -0.2) is 23.7 Å². The van der Waals surface area contributed by atoms with E-state index >= 15 is 0 Å². The third-order valence-electron chi connectivity index (χ3n) is 3.07. The number of nitrogens with zero attached hydrogens (tertiary/aromatic N) is 2. The first-order chi connectivity index (χ1) is 10.8. The molecule has 1 aromatic heterocycles. The van der Waals surface area contributed by atoms with Crippen LogP contribution in [0.3, 0.4) is 0 Å². The minimum absolute atomic E-state index is 0.113. The van der Waals surface area contributed by atoms with Crippen LogP contribution >= 0.6 is 12.6 Å². The first-order valence-electron chi connectivity index (χ1n) is 6.61. The van der Waals surface area contributed by atoms with Gasteiger partial charge in [-0.15, -0.1) is 12.6 Å². The highest BCUT2D eigenvalue weighted by atomic mass is 32.1. The molecule has 2 heterocycles. The maximum atomic E-state index is 12.0. The average molecular weight is 315 g/mol. The van der Waals surface area contributed by atoms with Crippen LogP contribution in [0.25, 0.3) is 0 Å². The van der Waals surface area contributed by atoms with E-state index in [9.17, 15) is 4.79 Å². The normalized spacial score (nSPS) is 14.0. The quantitative estimate of drug-likeness (QED) is 0.516. The summed E-state index contributed by atoms with van der Waals surface area (Å²) < 4.78 is 10.4. The Balaban J connectivity index is 1.71. The van der Waals surface area contributed by atoms with Gasteiger partial charge < -0.3 is 9.15 Å². The van der Waals surface area contributed by atoms with Gasteiger partial charge in [-0.25, -0.2) is 9.98 Å². The van der Waals surface area contributed by atoms with E-state index in [2.05, 4.69) is 27.9 Å². The third-order valence-corrected chi connectivity index (χ3v) is 3.32. The summed E-state index contributed by atoms with van der Waals surface area (Å²) in [5, 5.41) is 3.81. The number of hydrogen-bond acceptors (Lipinski definition) is 6. The summed E-state index contributed by atoms with van der Waals surface area (Å²) in [5.41, 5.74) is 2.18. The lowest BCUT2D eigenvalue weighted by Gasteiger charge is -2.01. The SMILES string of the molecule is O=C(Nc1ncco1)/C(=C/S)N=Cc1ccc2c(c1)CCO2. The molecule has 1 aliphatic heterocycles. The van der Waals surface area contributed by atoms with Crippen LogP contribution < -0.4 is 10.1 Å². The first-order valence-corrected chi connectivity index (χ1v) is 7.13. The van der Waals surface area contributed by atoms with Gasteiger partial charge in [0.15, 0.2) is 0 Å². The molecule has 0 fully saturated rings. The number of thiol groups is 1. The van der Waals surface area contributed by atoms with Gasteiger partial charge in [-0.2, -0.15) is 0 Å². The summed E-state index contributed by atoms with van der Waals surface area (Å²) >= 11 is 4.01. The van der Waals surface area contributed by atoms with Crippen molar-refractivity contribution in [3.8, 4) is 5.75 Å². The standard InChI is InChI=1S/C15H13N3O3S/c19-14(18-15-16-4-6-21-15)12(9-22)17-8-10-1-2-13-11(7-10)3-5-20-13/h1-2,4,6-9,22H,3,5H2,(H,16,18,19)/b12-9-,17-8?. The monoisotopic (exact) mass is 315 g/mol. The second-order valence-corrected chi connectivity index (χ2v) is 4.79. The van der Waals surface area contributed by atoms with E-state index in [0.717, 1.165) is 23.3 Å². The second-order valence-electron chi connectivity index (χ2n) is 4.53. The summed E-state index contributed by atoms with van der Waals surface area (Å²) in [6, 6.07) is 5.90. The smallest absolute Gasteiger partial charge is 0.301 e. The highest BCUT2D eigenvalue weighted by molar-refractivity contribution is 7.83. The molecule has 1 aliphatic rings. The number of fused-ring (bicyclic) bond motifs is 1. The van der Waals surface area contributed by atoms with Gasteiger partial charge in [-0.05, 0) is 34.7 Å². The molecule has 0 saturated carbocycles. The minimum Gasteiger partial charge on any atom is -0.493 e. The Kier molecular flexibility index (Phi) is 4.24. The number of carbonyl (C=O) groups is 1. The van der Waals surface area contributed by atoms with E-state index in [4.69, 9.17) is 9.15 Å². The molecule has 0 radical (unpaired) electrons. The van der Waals surface area contributed by atoms with Crippen molar-refractivity contribution in [1.29, 1.82) is 0 Å². The van der Waals surface area contributed by atoms with Gasteiger partial charge in [0.05, 0.1) is 12.8 Å². The summed E-state index contributed by atoms with van der Waals surface area (Å²) in [6.07, 6.45) is 5.30. The topological polar surface area (TPSA) is 76.7 Å². The number of hydrogen-bond donors (Lipinski definition) is 2. The first kappa shape index (κ1) is 14.4. The molecule has 7 heteroatoms. The lowest BCUT2D eigenvalue weighted by molar-refractivity contribution is -0.113. The molecule has 2 aromatic rings. The lowest BCUT2D eigenvalue weighted by Crippen LogP contribution is -2.13. The summed E-state index contributed by atoms with van der Waals surface area (Å²) in [5.74, 6) is 0.460. The van der Waals surface area contributed by atoms with Gasteiger partial charge in [0, 0.05) is 12.6 Å². The number of rotatable bonds is 4. The molecular formula is C15H13N3O3S. The predicted octanol–water partition coefficient (Wildman–Crippen LogP) is 2.44. The third kappa shape index (κ3) is 3.20. The molecule has 1 amide bonds. The highest BCUT2D eigenvalue weighted by Gasteiger charge is 2.12. The molecule has 3 rings (SSSR count). The van der Waals surface area contributed by atoms with Gasteiger partial charge in [-0.3, -0.25) is 10.1 Å². The Morgan fingerprint density at radius 2 is 2.36 bits per heavy atom. The van der Waals surface area contributed by atoms with Crippen LogP contribution in [-0.2, 0) is 11.2 Å². The van der Waals surface area contributed by atoms with E-state index in [1.165, 1.54) is 17.9 Å². The fourth-order valence-corrected chi connectivity index (χ4v) is 2.21. The molecule has 1 N–H and O–H groups in total. The summed E-state index contributed by atoms with van der Waals surface area (Å²) in [6.45, 7) is 0.705. The Labute approximate surface area is 132 Å². The Bertz CT molecular complexity index is 738. The number of carbonyl (C=O) groups excluding carboxylic acids is 1. The number of oxazole rings is 1. The van der Waals surface area contributed by atoms with E-state index in [1.54, 1.807) is 6.21 Å². The van der Waals surface area contributed by atoms with Crippen molar-refractivity contribution < 1.29 is 13.9 Å². The Morgan fingerprint density at radius 3 is 3.14 bits per heavy atom. The molecule has 0 bridgehead atoms. The van der Waals surface area contributed by atoms with Gasteiger partial charge in [0.25, 0.3) is 5.91 Å². The molecule has 22 heavy (non-hydrogen) atoms. The van der Waals surface area contributed by atoms with Gasteiger partial charge in [-0.1, -0.05) is 0 Å². The molecule has 6 nitrogen and oxygen atoms in total. The predicted molar refractivity (Wildman–Crippen MR) is 85.4 cm³/mol. The van der Waals surface area contributed by atoms with Gasteiger partial charge >= 0.3 is 6.01 Å². The van der Waals surface area contributed by atoms with Gasteiger partial charge in [0.2, 0.25) is 0 Å². The van der Waals surface area contributed by atoms with Crippen molar-refractivity contribution in [3.05, 3.63) is 52.9 Å². The number of nitrogens with one attached hydrogen (secondary N) is 1. The molecular weight excluding hydrogens is 302 g/mol. The molecule has 0 spiro atoms. The molecule has 0 unspecified atom stereocenters. The maximum absolute atomic E-state index is 12.0. The van der Waals surface area contributed by atoms with Crippen LogP contribution in [0.2, 0.25) is 0 Å². The van der Waals surface area contributed by atoms with Crippen molar-refractivity contribution in [2.75, 3.05) is 11.9 Å². The van der Waals surface area contributed by atoms with Crippen molar-refractivity contribution >= 4 is 30.8 Å². The van der Waals surface area contributed by atoms with Crippen molar-refractivity contribution in [2.24, 2.45) is 4.99 Å². The van der Waals surface area contributed by atoms with E-state index in [-0.39, 0.29) is 11.7 Å². The summed E-state index contributed by atoms with van der Waals surface area (Å²) in [7, 11) is 0. The number of anilines is 1. The maximum Gasteiger partial charge on any atom is 0.301 e. The van der Waals surface area contributed by atoms with Crippen LogP contribution in [0.4, 0.5) is 6.01 Å². The lowest BCUT2D eigenvalue weighted by atomic mass is 10.1. The molecule has 0 atom stereocenters. The van der Waals surface area contributed by atoms with Crippen molar-refractivity contribution in [3.63, 3.8) is 0 Å². The Morgan fingerprint density at radius 1 is 1.45 bits per heavy atom. The van der Waals surface area contributed by atoms with E-state index in [1.807, 2.05) is 18.2 Å². The van der Waals surface area contributed by atoms with Crippen LogP contribution in [0.15, 0.2) is 51.2 Å². The largest absolute Gasteiger partial charge is 0.493 e. The minimum atomic E-state index is -0.446. The summed E-state index contributed by atoms with van der Waals surface area (Å²) in [4.78, 5) is 20.0. The molecule has 112 valence electrons. The zero-order valence-electron chi connectivity index (χ0n) is 11.5. The number of aromatic nitrogens is 1. The van der Waals surface area contributed by atoms with E-state index < -0.39 is 5.91 Å². The second kappa shape index (κ2) is 6.48. The molecule has 1 aromatic carbocycles. The fourth-order valence-electron chi connectivity index (χ4n) is 2.03. The molecule has 0 saturated heterocycles. The fraction of sp³-hybridized carbons (Fsp3) is 0.133.